The molecule has 199 valence electrons. The van der Waals surface area contributed by atoms with Crippen LogP contribution >= 0.6 is 0 Å². The van der Waals surface area contributed by atoms with Crippen molar-refractivity contribution in [3.05, 3.63) is 73.0 Å². The van der Waals surface area contributed by atoms with Crippen LogP contribution in [0.5, 0.6) is 5.75 Å². The maximum atomic E-state index is 13.8. The molecule has 1 amide bonds. The second-order valence-electron chi connectivity index (χ2n) is 9.39. The summed E-state index contributed by atoms with van der Waals surface area (Å²) in [4.78, 5) is 20.9. The van der Waals surface area contributed by atoms with Gasteiger partial charge in [0.05, 0.1) is 24.2 Å². The van der Waals surface area contributed by atoms with Crippen molar-refractivity contribution >= 4 is 34.1 Å². The SMILES string of the molecule is [CH2]CC(C)(C)NCCCOc1ccc2c(Nc3cc(CC(=O)Nc4cccc(F)c4F)[nH]n3)ncnc2c1. The number of halogens is 2. The molecular weight excluding hydrogens is 492 g/mol. The van der Waals surface area contributed by atoms with E-state index in [4.69, 9.17) is 4.74 Å². The Balaban J connectivity index is 1.34. The fourth-order valence-electron chi connectivity index (χ4n) is 3.61. The van der Waals surface area contributed by atoms with Gasteiger partial charge < -0.3 is 20.7 Å². The first-order valence-corrected chi connectivity index (χ1v) is 12.2. The van der Waals surface area contributed by atoms with Gasteiger partial charge in [-0.1, -0.05) is 13.0 Å². The van der Waals surface area contributed by atoms with E-state index in [-0.39, 0.29) is 17.6 Å². The number of nitrogens with zero attached hydrogens (tertiary/aromatic N) is 3. The molecule has 1 radical (unpaired) electrons. The van der Waals surface area contributed by atoms with Crippen LogP contribution in [0.25, 0.3) is 10.9 Å². The number of aromatic amines is 1. The van der Waals surface area contributed by atoms with Gasteiger partial charge in [-0.05, 0) is 57.5 Å². The minimum absolute atomic E-state index is 0.00700. The van der Waals surface area contributed by atoms with Gasteiger partial charge in [0.15, 0.2) is 17.5 Å². The Morgan fingerprint density at radius 2 is 2.00 bits per heavy atom. The highest BCUT2D eigenvalue weighted by Crippen LogP contribution is 2.26. The molecule has 0 saturated heterocycles. The highest BCUT2D eigenvalue weighted by Gasteiger charge is 2.14. The number of benzene rings is 2. The van der Waals surface area contributed by atoms with Crippen molar-refractivity contribution in [2.75, 3.05) is 23.8 Å². The van der Waals surface area contributed by atoms with Gasteiger partial charge in [-0.15, -0.1) is 0 Å². The summed E-state index contributed by atoms with van der Waals surface area (Å²) in [7, 11) is 0. The van der Waals surface area contributed by atoms with E-state index in [0.717, 1.165) is 30.8 Å². The Morgan fingerprint density at radius 3 is 2.82 bits per heavy atom. The Hall–Kier alpha value is -4.12. The molecule has 0 fully saturated rings. The topological polar surface area (TPSA) is 117 Å². The molecule has 0 bridgehead atoms. The van der Waals surface area contributed by atoms with Crippen LogP contribution in [-0.2, 0) is 11.2 Å². The van der Waals surface area contributed by atoms with Gasteiger partial charge in [0.2, 0.25) is 5.91 Å². The van der Waals surface area contributed by atoms with Crippen LogP contribution in [0.15, 0.2) is 48.8 Å². The summed E-state index contributed by atoms with van der Waals surface area (Å²) in [6.45, 7) is 9.58. The van der Waals surface area contributed by atoms with Crippen molar-refractivity contribution in [3.8, 4) is 5.75 Å². The van der Waals surface area contributed by atoms with E-state index in [2.05, 4.69) is 56.9 Å². The van der Waals surface area contributed by atoms with E-state index in [1.807, 2.05) is 18.2 Å². The Bertz CT molecular complexity index is 1410. The molecule has 2 aromatic carbocycles. The smallest absolute Gasteiger partial charge is 0.230 e. The number of anilines is 3. The fraction of sp³-hybridized carbons (Fsp3) is 0.296. The van der Waals surface area contributed by atoms with Gasteiger partial charge in [0.1, 0.15) is 17.9 Å². The first-order valence-electron chi connectivity index (χ1n) is 12.2. The number of H-pyrrole nitrogens is 1. The first kappa shape index (κ1) is 26.9. The molecular formula is C27H30F2N7O2. The number of hydrogen-bond donors (Lipinski definition) is 4. The van der Waals surface area contributed by atoms with Crippen LogP contribution in [0.1, 0.15) is 32.4 Å². The third-order valence-corrected chi connectivity index (χ3v) is 5.88. The average molecular weight is 523 g/mol. The molecule has 0 spiro atoms. The lowest BCUT2D eigenvalue weighted by molar-refractivity contribution is -0.115. The van der Waals surface area contributed by atoms with Crippen LogP contribution in [0, 0.1) is 18.6 Å². The summed E-state index contributed by atoms with van der Waals surface area (Å²) >= 11 is 0. The lowest BCUT2D eigenvalue weighted by Crippen LogP contribution is -2.39. The van der Waals surface area contributed by atoms with Gasteiger partial charge in [-0.2, -0.15) is 5.10 Å². The Kier molecular flexibility index (Phi) is 8.47. The maximum absolute atomic E-state index is 13.8. The number of fused-ring (bicyclic) bond motifs is 1. The monoisotopic (exact) mass is 522 g/mol. The van der Waals surface area contributed by atoms with Crippen LogP contribution in [0.2, 0.25) is 0 Å². The Morgan fingerprint density at radius 1 is 1.16 bits per heavy atom. The lowest BCUT2D eigenvalue weighted by atomic mass is 10.0. The summed E-state index contributed by atoms with van der Waals surface area (Å²) < 4.78 is 33.0. The minimum atomic E-state index is -1.11. The summed E-state index contributed by atoms with van der Waals surface area (Å²) in [5, 5.41) is 16.6. The molecule has 0 aliphatic heterocycles. The number of amides is 1. The van der Waals surface area contributed by atoms with E-state index in [0.29, 0.717) is 35.2 Å². The zero-order chi connectivity index (χ0) is 27.1. The highest BCUT2D eigenvalue weighted by molar-refractivity contribution is 5.93. The Labute approximate surface area is 219 Å². The zero-order valence-electron chi connectivity index (χ0n) is 21.3. The maximum Gasteiger partial charge on any atom is 0.230 e. The average Bonchev–Trinajstić information content (AvgIpc) is 3.33. The molecule has 0 saturated carbocycles. The molecule has 38 heavy (non-hydrogen) atoms. The van der Waals surface area contributed by atoms with Gasteiger partial charge >= 0.3 is 0 Å². The van der Waals surface area contributed by atoms with Gasteiger partial charge in [0.25, 0.3) is 0 Å². The predicted octanol–water partition coefficient (Wildman–Crippen LogP) is 4.92. The fourth-order valence-corrected chi connectivity index (χ4v) is 3.61. The minimum Gasteiger partial charge on any atom is -0.493 e. The number of carbonyl (C=O) groups excluding carboxylic acids is 1. The summed E-state index contributed by atoms with van der Waals surface area (Å²) in [5.74, 6) is -0.989. The molecule has 4 N–H and O–H groups in total. The predicted molar refractivity (Wildman–Crippen MR) is 142 cm³/mol. The molecule has 2 heterocycles. The second-order valence-corrected chi connectivity index (χ2v) is 9.39. The van der Waals surface area contributed by atoms with Crippen LogP contribution < -0.4 is 20.7 Å². The molecule has 0 atom stereocenters. The first-order chi connectivity index (χ1) is 18.2. The summed E-state index contributed by atoms with van der Waals surface area (Å²) in [6, 6.07) is 10.8. The molecule has 9 nitrogen and oxygen atoms in total. The van der Waals surface area contributed by atoms with E-state index < -0.39 is 17.5 Å². The van der Waals surface area contributed by atoms with Crippen LogP contribution in [-0.4, -0.2) is 44.8 Å². The van der Waals surface area contributed by atoms with Crippen molar-refractivity contribution in [3.63, 3.8) is 0 Å². The molecule has 4 rings (SSSR count). The molecule has 2 aromatic heterocycles. The number of nitrogens with one attached hydrogen (secondary N) is 4. The largest absolute Gasteiger partial charge is 0.493 e. The van der Waals surface area contributed by atoms with Crippen molar-refractivity contribution in [2.45, 2.75) is 38.6 Å². The van der Waals surface area contributed by atoms with E-state index in [9.17, 15) is 13.6 Å². The van der Waals surface area contributed by atoms with Crippen molar-refractivity contribution in [1.29, 1.82) is 0 Å². The van der Waals surface area contributed by atoms with Gasteiger partial charge in [-0.3, -0.25) is 9.89 Å². The number of aromatic nitrogens is 4. The second kappa shape index (κ2) is 12.0. The molecule has 0 aliphatic carbocycles. The zero-order valence-corrected chi connectivity index (χ0v) is 21.3. The standard InChI is InChI=1S/C27H30F2N7O2/c1-4-27(2,3)32-11-6-12-38-18-9-10-19-22(15-18)30-16-31-26(19)34-23-13-17(35-36-23)14-24(37)33-21-8-5-7-20(28)25(21)29/h5,7-10,13,15-16,32H,1,4,6,11-12,14H2,2-3H3,(H,33,37)(H2,30,31,34,35,36). The van der Waals surface area contributed by atoms with Crippen molar-refractivity contribution in [1.82, 2.24) is 25.5 Å². The number of hydrogen-bond acceptors (Lipinski definition) is 7. The third kappa shape index (κ3) is 7.00. The van der Waals surface area contributed by atoms with Crippen LogP contribution in [0.4, 0.5) is 26.1 Å². The number of carbonyl (C=O) groups is 1. The number of rotatable bonds is 12. The molecule has 4 aromatic rings. The van der Waals surface area contributed by atoms with E-state index >= 15 is 0 Å². The van der Waals surface area contributed by atoms with E-state index in [1.165, 1.54) is 18.5 Å². The molecule has 0 aliphatic rings. The highest BCUT2D eigenvalue weighted by atomic mass is 19.2. The summed E-state index contributed by atoms with van der Waals surface area (Å²) in [6.07, 6.45) is 2.99. The van der Waals surface area contributed by atoms with Crippen molar-refractivity contribution < 1.29 is 18.3 Å². The third-order valence-electron chi connectivity index (χ3n) is 5.88. The molecule has 0 unspecified atom stereocenters. The number of ether oxygens (including phenoxy) is 1. The van der Waals surface area contributed by atoms with E-state index in [1.54, 1.807) is 6.07 Å². The lowest BCUT2D eigenvalue weighted by Gasteiger charge is -2.24. The molecule has 11 heteroatoms. The van der Waals surface area contributed by atoms with Crippen LogP contribution in [0.3, 0.4) is 0 Å². The van der Waals surface area contributed by atoms with Crippen molar-refractivity contribution in [2.24, 2.45) is 0 Å². The quantitative estimate of drug-likeness (QED) is 0.195. The van der Waals surface area contributed by atoms with Gasteiger partial charge in [-0.25, -0.2) is 18.7 Å². The van der Waals surface area contributed by atoms with Gasteiger partial charge in [0, 0.05) is 28.8 Å². The summed E-state index contributed by atoms with van der Waals surface area (Å²) in [5.41, 5.74) is 0.957. The normalized spacial score (nSPS) is 11.5.